The number of hydrogen-bond donors (Lipinski definition) is 2. The molecule has 0 aliphatic carbocycles. The molecular weight excluding hydrogens is 230 g/mol. The Morgan fingerprint density at radius 1 is 1.46 bits per heavy atom. The van der Waals surface area contributed by atoms with Crippen LogP contribution in [0.1, 0.15) is 12.0 Å². The van der Waals surface area contributed by atoms with Crippen LogP contribution in [-0.2, 0) is 0 Å². The summed E-state index contributed by atoms with van der Waals surface area (Å²) in [5, 5.41) is 10.3. The van der Waals surface area contributed by atoms with Crippen molar-refractivity contribution in [2.24, 2.45) is 0 Å². The molecule has 1 aromatic rings. The topological polar surface area (TPSA) is 46.2 Å². The highest BCUT2D eigenvalue weighted by Gasteiger charge is 1.96. The van der Waals surface area contributed by atoms with E-state index in [1.54, 1.807) is 18.2 Å². The molecule has 0 spiro atoms. The lowest BCUT2D eigenvalue weighted by Crippen LogP contribution is -1.84. The van der Waals surface area contributed by atoms with Crippen molar-refractivity contribution in [3.63, 3.8) is 0 Å². The van der Waals surface area contributed by atoms with Crippen LogP contribution in [0.4, 0.5) is 5.69 Å². The molecule has 13 heavy (non-hydrogen) atoms. The second-order valence-corrected chi connectivity index (χ2v) is 3.49. The van der Waals surface area contributed by atoms with E-state index >= 15 is 0 Å². The average molecular weight is 242 g/mol. The number of aromatic hydroxyl groups is 1. The van der Waals surface area contributed by atoms with E-state index in [0.29, 0.717) is 5.69 Å². The fourth-order valence-corrected chi connectivity index (χ4v) is 1.24. The predicted molar refractivity (Wildman–Crippen MR) is 60.0 cm³/mol. The quantitative estimate of drug-likeness (QED) is 0.486. The maximum atomic E-state index is 9.42. The first-order chi connectivity index (χ1) is 6.24. The minimum atomic E-state index is 0.264. The molecule has 0 unspecified atom stereocenters. The molecular formula is C10H12BrNO. The first kappa shape index (κ1) is 10.1. The van der Waals surface area contributed by atoms with Crippen molar-refractivity contribution in [2.75, 3.05) is 11.1 Å². The van der Waals surface area contributed by atoms with Gasteiger partial charge in [-0.05, 0) is 24.6 Å². The Bertz CT molecular complexity index is 310. The molecule has 0 bridgehead atoms. The number of halogens is 1. The SMILES string of the molecule is Nc1ccc(O)c(C=CCCBr)c1. The van der Waals surface area contributed by atoms with Gasteiger partial charge in [0.05, 0.1) is 0 Å². The van der Waals surface area contributed by atoms with Crippen LogP contribution in [0.2, 0.25) is 0 Å². The first-order valence-electron chi connectivity index (χ1n) is 4.05. The highest BCUT2D eigenvalue weighted by atomic mass is 79.9. The Balaban J connectivity index is 2.81. The summed E-state index contributed by atoms with van der Waals surface area (Å²) in [6.45, 7) is 0. The van der Waals surface area contributed by atoms with Gasteiger partial charge in [0.2, 0.25) is 0 Å². The van der Waals surface area contributed by atoms with Crippen LogP contribution < -0.4 is 5.73 Å². The molecule has 0 heterocycles. The van der Waals surface area contributed by atoms with E-state index in [2.05, 4.69) is 15.9 Å². The fraction of sp³-hybridized carbons (Fsp3) is 0.200. The van der Waals surface area contributed by atoms with Gasteiger partial charge in [-0.25, -0.2) is 0 Å². The van der Waals surface area contributed by atoms with Crippen LogP contribution >= 0.6 is 15.9 Å². The summed E-state index contributed by atoms with van der Waals surface area (Å²) < 4.78 is 0. The number of hydrogen-bond acceptors (Lipinski definition) is 2. The Hall–Kier alpha value is -0.960. The normalized spacial score (nSPS) is 10.8. The van der Waals surface area contributed by atoms with E-state index in [-0.39, 0.29) is 5.75 Å². The molecule has 0 aliphatic rings. The Morgan fingerprint density at radius 3 is 2.92 bits per heavy atom. The maximum Gasteiger partial charge on any atom is 0.122 e. The standard InChI is InChI=1S/C10H12BrNO/c11-6-2-1-3-8-7-9(12)4-5-10(8)13/h1,3-5,7,13H,2,6,12H2. The summed E-state index contributed by atoms with van der Waals surface area (Å²) in [4.78, 5) is 0. The van der Waals surface area contributed by atoms with E-state index in [1.165, 1.54) is 0 Å². The molecule has 3 N–H and O–H groups in total. The van der Waals surface area contributed by atoms with Crippen LogP contribution in [0.15, 0.2) is 24.3 Å². The molecule has 3 heteroatoms. The minimum absolute atomic E-state index is 0.264. The van der Waals surface area contributed by atoms with E-state index < -0.39 is 0 Å². The third-order valence-corrected chi connectivity index (χ3v) is 2.08. The third kappa shape index (κ3) is 3.11. The van der Waals surface area contributed by atoms with E-state index in [0.717, 1.165) is 17.3 Å². The zero-order valence-corrected chi connectivity index (χ0v) is 8.79. The largest absolute Gasteiger partial charge is 0.507 e. The average Bonchev–Trinajstić information content (AvgIpc) is 2.11. The zero-order valence-electron chi connectivity index (χ0n) is 7.20. The number of nitrogens with two attached hydrogens (primary N) is 1. The van der Waals surface area contributed by atoms with Gasteiger partial charge in [0, 0.05) is 16.6 Å². The lowest BCUT2D eigenvalue weighted by molar-refractivity contribution is 0.474. The number of anilines is 1. The van der Waals surface area contributed by atoms with Gasteiger partial charge >= 0.3 is 0 Å². The van der Waals surface area contributed by atoms with Crippen molar-refractivity contribution >= 4 is 27.7 Å². The van der Waals surface area contributed by atoms with Crippen LogP contribution in [-0.4, -0.2) is 10.4 Å². The van der Waals surface area contributed by atoms with Crippen molar-refractivity contribution in [3.05, 3.63) is 29.8 Å². The number of nitrogen functional groups attached to an aromatic ring is 1. The second-order valence-electron chi connectivity index (χ2n) is 2.70. The lowest BCUT2D eigenvalue weighted by Gasteiger charge is -1.99. The summed E-state index contributed by atoms with van der Waals surface area (Å²) in [6.07, 6.45) is 4.80. The van der Waals surface area contributed by atoms with Gasteiger partial charge < -0.3 is 10.8 Å². The summed E-state index contributed by atoms with van der Waals surface area (Å²) >= 11 is 3.32. The fourth-order valence-electron chi connectivity index (χ4n) is 0.980. The highest BCUT2D eigenvalue weighted by Crippen LogP contribution is 2.21. The molecule has 0 saturated heterocycles. The van der Waals surface area contributed by atoms with E-state index in [4.69, 9.17) is 5.73 Å². The smallest absolute Gasteiger partial charge is 0.122 e. The minimum Gasteiger partial charge on any atom is -0.507 e. The number of rotatable bonds is 3. The number of alkyl halides is 1. The molecule has 0 saturated carbocycles. The Kier molecular flexibility index (Phi) is 3.83. The number of phenols is 1. The Labute approximate surface area is 86.2 Å². The molecule has 70 valence electrons. The van der Waals surface area contributed by atoms with Crippen molar-refractivity contribution in [3.8, 4) is 5.75 Å². The number of benzene rings is 1. The molecule has 0 aliphatic heterocycles. The van der Waals surface area contributed by atoms with Gasteiger partial charge in [0.1, 0.15) is 5.75 Å². The first-order valence-corrected chi connectivity index (χ1v) is 5.17. The van der Waals surface area contributed by atoms with E-state index in [9.17, 15) is 5.11 Å². The number of allylic oxidation sites excluding steroid dienone is 1. The van der Waals surface area contributed by atoms with Crippen LogP contribution in [0.3, 0.4) is 0 Å². The molecule has 0 atom stereocenters. The summed E-state index contributed by atoms with van der Waals surface area (Å²) in [5.74, 6) is 0.264. The van der Waals surface area contributed by atoms with Crippen molar-refractivity contribution in [1.82, 2.24) is 0 Å². The van der Waals surface area contributed by atoms with Crippen molar-refractivity contribution < 1.29 is 5.11 Å². The third-order valence-electron chi connectivity index (χ3n) is 1.62. The lowest BCUT2D eigenvalue weighted by atomic mass is 10.1. The van der Waals surface area contributed by atoms with Crippen LogP contribution in [0.5, 0.6) is 5.75 Å². The number of phenolic OH excluding ortho intramolecular Hbond substituents is 1. The van der Waals surface area contributed by atoms with Crippen LogP contribution in [0, 0.1) is 0 Å². The van der Waals surface area contributed by atoms with Crippen molar-refractivity contribution in [1.29, 1.82) is 0 Å². The Morgan fingerprint density at radius 2 is 2.23 bits per heavy atom. The summed E-state index contributed by atoms with van der Waals surface area (Å²) in [5.41, 5.74) is 7.01. The van der Waals surface area contributed by atoms with Gasteiger partial charge in [-0.15, -0.1) is 0 Å². The zero-order chi connectivity index (χ0) is 9.68. The maximum absolute atomic E-state index is 9.42. The molecule has 0 amide bonds. The molecule has 1 rings (SSSR count). The second kappa shape index (κ2) is 4.92. The van der Waals surface area contributed by atoms with E-state index in [1.807, 2.05) is 12.2 Å². The highest BCUT2D eigenvalue weighted by molar-refractivity contribution is 9.09. The van der Waals surface area contributed by atoms with Gasteiger partial charge in [0.25, 0.3) is 0 Å². The summed E-state index contributed by atoms with van der Waals surface area (Å²) in [7, 11) is 0. The van der Waals surface area contributed by atoms with Crippen LogP contribution in [0.25, 0.3) is 6.08 Å². The predicted octanol–water partition coefficient (Wildman–Crippen LogP) is 2.77. The molecule has 0 radical (unpaired) electrons. The van der Waals surface area contributed by atoms with Gasteiger partial charge in [-0.2, -0.15) is 0 Å². The van der Waals surface area contributed by atoms with Crippen molar-refractivity contribution in [2.45, 2.75) is 6.42 Å². The van der Waals surface area contributed by atoms with Gasteiger partial charge in [-0.1, -0.05) is 28.1 Å². The monoisotopic (exact) mass is 241 g/mol. The molecule has 0 aromatic heterocycles. The van der Waals surface area contributed by atoms with Gasteiger partial charge in [-0.3, -0.25) is 0 Å². The summed E-state index contributed by atoms with van der Waals surface area (Å²) in [6, 6.07) is 5.03. The van der Waals surface area contributed by atoms with Gasteiger partial charge in [0.15, 0.2) is 0 Å². The molecule has 2 nitrogen and oxygen atoms in total. The molecule has 1 aromatic carbocycles. The molecule has 0 fully saturated rings.